The number of allylic oxidation sites excluding steroid dienone is 2. The first-order valence-corrected chi connectivity index (χ1v) is 32.7. The summed E-state index contributed by atoms with van der Waals surface area (Å²) >= 11 is 0. The molecule has 0 aliphatic heterocycles. The van der Waals surface area contributed by atoms with Crippen LogP contribution in [-0.2, 0) is 28.6 Å². The Morgan fingerprint density at radius 2 is 0.458 bits per heavy atom. The van der Waals surface area contributed by atoms with E-state index in [1.165, 1.54) is 276 Å². The van der Waals surface area contributed by atoms with Crippen molar-refractivity contribution in [2.24, 2.45) is 0 Å². The summed E-state index contributed by atoms with van der Waals surface area (Å²) in [5, 5.41) is 0. The van der Waals surface area contributed by atoms with Crippen molar-refractivity contribution in [1.29, 1.82) is 0 Å². The zero-order valence-electron chi connectivity index (χ0n) is 49.0. The summed E-state index contributed by atoms with van der Waals surface area (Å²) in [7, 11) is 0. The van der Waals surface area contributed by atoms with Gasteiger partial charge in [0.1, 0.15) is 13.2 Å². The van der Waals surface area contributed by atoms with Gasteiger partial charge < -0.3 is 14.2 Å². The Balaban J connectivity index is 4.17. The highest BCUT2D eigenvalue weighted by Crippen LogP contribution is 2.18. The van der Waals surface area contributed by atoms with E-state index in [0.717, 1.165) is 57.8 Å². The molecule has 0 heterocycles. The molecule has 0 aromatic heterocycles. The third kappa shape index (κ3) is 59.0. The van der Waals surface area contributed by atoms with Gasteiger partial charge in [-0.15, -0.1) is 0 Å². The number of hydrogen-bond acceptors (Lipinski definition) is 6. The van der Waals surface area contributed by atoms with Gasteiger partial charge in [0.2, 0.25) is 0 Å². The lowest BCUT2D eigenvalue weighted by atomic mass is 10.0. The Morgan fingerprint density at radius 1 is 0.264 bits per heavy atom. The van der Waals surface area contributed by atoms with Gasteiger partial charge in [0, 0.05) is 19.3 Å². The van der Waals surface area contributed by atoms with Crippen molar-refractivity contribution in [1.82, 2.24) is 0 Å². The van der Waals surface area contributed by atoms with Gasteiger partial charge in [-0.25, -0.2) is 0 Å². The van der Waals surface area contributed by atoms with E-state index in [0.29, 0.717) is 19.3 Å². The van der Waals surface area contributed by atoms with Crippen LogP contribution in [0.25, 0.3) is 0 Å². The minimum Gasteiger partial charge on any atom is -0.462 e. The third-order valence-corrected chi connectivity index (χ3v) is 15.0. The van der Waals surface area contributed by atoms with E-state index in [-0.39, 0.29) is 31.1 Å². The minimum absolute atomic E-state index is 0.0644. The molecule has 72 heavy (non-hydrogen) atoms. The summed E-state index contributed by atoms with van der Waals surface area (Å²) in [6.45, 7) is 6.70. The summed E-state index contributed by atoms with van der Waals surface area (Å²) in [6, 6.07) is 0. The van der Waals surface area contributed by atoms with E-state index in [2.05, 4.69) is 32.9 Å². The van der Waals surface area contributed by atoms with Crippen molar-refractivity contribution in [2.45, 2.75) is 380 Å². The zero-order valence-corrected chi connectivity index (χ0v) is 49.0. The van der Waals surface area contributed by atoms with Gasteiger partial charge in [-0.05, 0) is 44.9 Å². The van der Waals surface area contributed by atoms with Crippen LogP contribution < -0.4 is 0 Å². The second-order valence-electron chi connectivity index (χ2n) is 22.4. The maximum Gasteiger partial charge on any atom is 0.306 e. The van der Waals surface area contributed by atoms with Gasteiger partial charge in [-0.3, -0.25) is 14.4 Å². The number of rotatable bonds is 61. The molecule has 0 saturated carbocycles. The number of hydrogen-bond donors (Lipinski definition) is 0. The number of unbranched alkanes of at least 4 members (excludes halogenated alkanes) is 48. The SMILES string of the molecule is CCCCCCCCCC/C=C\CCCCCCCCCCCC(=O)OC(COC(=O)CCCCCCCCCCCC)COC(=O)CCCCCCCCCCCCCCCCCCCCCCCCC. The summed E-state index contributed by atoms with van der Waals surface area (Å²) in [6.07, 6.45) is 72.3. The lowest BCUT2D eigenvalue weighted by Gasteiger charge is -2.18. The lowest BCUT2D eigenvalue weighted by Crippen LogP contribution is -2.30. The third-order valence-electron chi connectivity index (χ3n) is 15.0. The largest absolute Gasteiger partial charge is 0.462 e. The van der Waals surface area contributed by atoms with Gasteiger partial charge >= 0.3 is 17.9 Å². The molecule has 0 aliphatic carbocycles. The monoisotopic (exact) mass is 1010 g/mol. The molecule has 6 nitrogen and oxygen atoms in total. The van der Waals surface area contributed by atoms with Gasteiger partial charge in [0.25, 0.3) is 0 Å². The molecule has 0 aromatic rings. The topological polar surface area (TPSA) is 78.9 Å². The van der Waals surface area contributed by atoms with Crippen LogP contribution in [0.5, 0.6) is 0 Å². The van der Waals surface area contributed by atoms with Crippen LogP contribution in [0.3, 0.4) is 0 Å². The molecule has 0 aromatic carbocycles. The molecule has 0 rings (SSSR count). The van der Waals surface area contributed by atoms with Gasteiger partial charge in [0.05, 0.1) is 0 Å². The molecule has 0 saturated heterocycles. The minimum atomic E-state index is -0.766. The Morgan fingerprint density at radius 3 is 0.694 bits per heavy atom. The van der Waals surface area contributed by atoms with Crippen LogP contribution in [0, 0.1) is 0 Å². The molecule has 0 N–H and O–H groups in total. The molecule has 1 unspecified atom stereocenters. The zero-order chi connectivity index (χ0) is 52.2. The number of ether oxygens (including phenoxy) is 3. The van der Waals surface area contributed by atoms with E-state index in [9.17, 15) is 14.4 Å². The van der Waals surface area contributed by atoms with Crippen molar-refractivity contribution < 1.29 is 28.6 Å². The molecule has 0 aliphatic rings. The standard InChI is InChI=1S/C66H126O6/c1-4-7-10-13-16-19-22-24-26-28-30-32-33-35-36-38-40-42-44-47-50-53-56-59-65(68)71-62-63(61-70-64(67)58-55-52-49-46-21-18-15-12-9-6-3)72-66(69)60-57-54-51-48-45-43-41-39-37-34-31-29-27-25-23-20-17-14-11-8-5-2/h29,31,63H,4-28,30,32-62H2,1-3H3/b31-29-. The molecular formula is C66H126O6. The molecule has 0 fully saturated rings. The quantitative estimate of drug-likeness (QED) is 0.0261. The smallest absolute Gasteiger partial charge is 0.306 e. The fourth-order valence-electron chi connectivity index (χ4n) is 10.1. The van der Waals surface area contributed by atoms with Crippen LogP contribution >= 0.6 is 0 Å². The van der Waals surface area contributed by atoms with Crippen LogP contribution in [-0.4, -0.2) is 37.2 Å². The molecular weight excluding hydrogens is 889 g/mol. The normalized spacial score (nSPS) is 12.0. The average molecular weight is 1020 g/mol. The summed E-state index contributed by atoms with van der Waals surface area (Å²) < 4.78 is 16.9. The van der Waals surface area contributed by atoms with Gasteiger partial charge in [-0.1, -0.05) is 322 Å². The molecule has 0 radical (unpaired) electrons. The van der Waals surface area contributed by atoms with E-state index < -0.39 is 6.10 Å². The first-order valence-electron chi connectivity index (χ1n) is 32.7. The first kappa shape index (κ1) is 70.1. The molecule has 426 valence electrons. The Bertz CT molecular complexity index is 1120. The molecule has 0 amide bonds. The fourth-order valence-corrected chi connectivity index (χ4v) is 10.1. The van der Waals surface area contributed by atoms with Gasteiger partial charge in [0.15, 0.2) is 6.10 Å². The number of carbonyl (C=O) groups excluding carboxylic acids is 3. The van der Waals surface area contributed by atoms with Crippen molar-refractivity contribution in [2.75, 3.05) is 13.2 Å². The maximum absolute atomic E-state index is 12.9. The van der Waals surface area contributed by atoms with Crippen molar-refractivity contribution >= 4 is 17.9 Å². The Labute approximate surface area is 450 Å². The highest BCUT2D eigenvalue weighted by Gasteiger charge is 2.19. The van der Waals surface area contributed by atoms with Crippen LogP contribution in [0.2, 0.25) is 0 Å². The summed E-state index contributed by atoms with van der Waals surface area (Å²) in [4.78, 5) is 38.2. The summed E-state index contributed by atoms with van der Waals surface area (Å²) in [5.41, 5.74) is 0. The highest BCUT2D eigenvalue weighted by molar-refractivity contribution is 5.71. The fraction of sp³-hybridized carbons (Fsp3) is 0.924. The first-order chi connectivity index (χ1) is 35.5. The molecule has 1 atom stereocenters. The molecule has 0 bridgehead atoms. The number of esters is 3. The number of carbonyl (C=O) groups is 3. The Hall–Kier alpha value is -1.85. The predicted molar refractivity (Wildman–Crippen MR) is 312 cm³/mol. The molecule has 0 spiro atoms. The van der Waals surface area contributed by atoms with E-state index in [1.54, 1.807) is 0 Å². The van der Waals surface area contributed by atoms with Crippen molar-refractivity contribution in [3.05, 3.63) is 12.2 Å². The van der Waals surface area contributed by atoms with E-state index in [1.807, 2.05) is 0 Å². The van der Waals surface area contributed by atoms with E-state index >= 15 is 0 Å². The second kappa shape index (κ2) is 61.7. The molecule has 6 heteroatoms. The Kier molecular flexibility index (Phi) is 60.1. The van der Waals surface area contributed by atoms with Crippen LogP contribution in [0.1, 0.15) is 374 Å². The van der Waals surface area contributed by atoms with Crippen molar-refractivity contribution in [3.63, 3.8) is 0 Å². The van der Waals surface area contributed by atoms with Crippen LogP contribution in [0.4, 0.5) is 0 Å². The maximum atomic E-state index is 12.9. The average Bonchev–Trinajstić information content (AvgIpc) is 3.38. The van der Waals surface area contributed by atoms with Crippen molar-refractivity contribution in [3.8, 4) is 0 Å². The second-order valence-corrected chi connectivity index (χ2v) is 22.4. The predicted octanol–water partition coefficient (Wildman–Crippen LogP) is 22.1. The van der Waals surface area contributed by atoms with E-state index in [4.69, 9.17) is 14.2 Å². The lowest BCUT2D eigenvalue weighted by molar-refractivity contribution is -0.167. The van der Waals surface area contributed by atoms with Gasteiger partial charge in [-0.2, -0.15) is 0 Å². The summed E-state index contributed by atoms with van der Waals surface area (Å²) in [5.74, 6) is -0.839. The highest BCUT2D eigenvalue weighted by atomic mass is 16.6. The van der Waals surface area contributed by atoms with Crippen LogP contribution in [0.15, 0.2) is 12.2 Å².